The van der Waals surface area contributed by atoms with Gasteiger partial charge < -0.3 is 4.74 Å². The third kappa shape index (κ3) is 3.62. The van der Waals surface area contributed by atoms with Gasteiger partial charge in [-0.05, 0) is 107 Å². The largest absolute Gasteiger partial charge is 0.456 e. The maximum absolute atomic E-state index is 10.0. The molecule has 1 heteroatoms. The van der Waals surface area contributed by atoms with Gasteiger partial charge in [0.25, 0.3) is 0 Å². The Labute approximate surface area is 297 Å². The third-order valence-corrected chi connectivity index (χ3v) is 7.57. The Morgan fingerprint density at radius 3 is 1.73 bits per heavy atom. The first-order chi connectivity index (χ1) is 33.2. The van der Waals surface area contributed by atoms with Crippen LogP contribution in [0.25, 0.3) is 87.6 Å². The van der Waals surface area contributed by atoms with Gasteiger partial charge in [-0.1, -0.05) is 127 Å². The van der Waals surface area contributed by atoms with Gasteiger partial charge in [0.1, 0.15) is 11.5 Å². The first-order valence-corrected chi connectivity index (χ1v) is 13.4. The zero-order chi connectivity index (χ0) is 52.1. The van der Waals surface area contributed by atoms with Crippen molar-refractivity contribution in [3.8, 4) is 56.0 Å². The highest BCUT2D eigenvalue weighted by Gasteiger charge is 2.22. The van der Waals surface area contributed by atoms with Crippen LogP contribution in [-0.2, 0) is 0 Å². The average molecular weight is 597 g/mol. The maximum Gasteiger partial charge on any atom is 0.135 e. The van der Waals surface area contributed by atoms with Gasteiger partial charge >= 0.3 is 0 Å². The molecule has 0 saturated carbocycles. The van der Waals surface area contributed by atoms with E-state index in [1.54, 1.807) is 0 Å². The monoisotopic (exact) mass is 596 g/mol. The summed E-state index contributed by atoms with van der Waals surface area (Å²) in [6.45, 7) is 0. The normalized spacial score (nSPS) is 20.3. The van der Waals surface area contributed by atoms with Crippen LogP contribution < -0.4 is 4.74 Å². The van der Waals surface area contributed by atoms with Gasteiger partial charge in [0, 0.05) is 10.9 Å². The van der Waals surface area contributed by atoms with Crippen molar-refractivity contribution in [1.82, 2.24) is 0 Å². The van der Waals surface area contributed by atoms with Crippen molar-refractivity contribution in [2.75, 3.05) is 0 Å². The van der Waals surface area contributed by atoms with E-state index in [1.807, 2.05) is 0 Å². The Morgan fingerprint density at radius 1 is 0.333 bits per heavy atom. The van der Waals surface area contributed by atoms with Gasteiger partial charge in [-0.3, -0.25) is 0 Å². The molecule has 1 aliphatic heterocycles. The van der Waals surface area contributed by atoms with Crippen LogP contribution in [-0.4, -0.2) is 0 Å². The molecule has 1 nitrogen and oxygen atoms in total. The second-order valence-corrected chi connectivity index (χ2v) is 10.0. The van der Waals surface area contributed by atoms with Gasteiger partial charge in [-0.2, -0.15) is 0 Å². The van der Waals surface area contributed by atoms with E-state index in [1.165, 1.54) is 0 Å². The van der Waals surface area contributed by atoms with E-state index in [2.05, 4.69) is 0 Å². The Balaban J connectivity index is 1.51. The lowest BCUT2D eigenvalue weighted by atomic mass is 9.86. The highest BCUT2D eigenvalue weighted by molar-refractivity contribution is 6.25. The molecule has 0 spiro atoms. The fourth-order valence-corrected chi connectivity index (χ4v) is 5.64. The summed E-state index contributed by atoms with van der Waals surface area (Å²) in [5.74, 6) is -1.22. The van der Waals surface area contributed by atoms with Crippen LogP contribution in [0.5, 0.6) is 11.5 Å². The molecule has 1 heterocycles. The number of benzene rings is 9. The average Bonchev–Trinajstić information content (AvgIpc) is 3.33. The van der Waals surface area contributed by atoms with Crippen LogP contribution in [0.2, 0.25) is 0 Å². The van der Waals surface area contributed by atoms with Crippen molar-refractivity contribution in [2.24, 2.45) is 0 Å². The zero-order valence-corrected chi connectivity index (χ0v) is 22.4. The summed E-state index contributed by atoms with van der Waals surface area (Å²) in [4.78, 5) is 0. The molecular formula is C44H26O. The molecule has 208 valence electrons. The molecule has 0 N–H and O–H groups in total. The predicted molar refractivity (Wildman–Crippen MR) is 189 cm³/mol. The van der Waals surface area contributed by atoms with E-state index in [4.69, 9.17) is 26.7 Å². The fraction of sp³-hybridized carbons (Fsp3) is 0. The van der Waals surface area contributed by atoms with Gasteiger partial charge in [-0.15, -0.1) is 0 Å². The Morgan fingerprint density at radius 2 is 0.911 bits per heavy atom. The van der Waals surface area contributed by atoms with E-state index in [-0.39, 0.29) is 10.8 Å². The first kappa shape index (κ1) is 10.3. The maximum atomic E-state index is 10.0. The number of rotatable bonds is 3. The summed E-state index contributed by atoms with van der Waals surface area (Å²) in [6.07, 6.45) is 0. The number of ether oxygens (including phenoxy) is 1. The van der Waals surface area contributed by atoms with E-state index in [0.717, 1.165) is 0 Å². The van der Waals surface area contributed by atoms with Crippen molar-refractivity contribution in [2.45, 2.75) is 0 Å². The lowest BCUT2D eigenvalue weighted by Gasteiger charge is -2.23. The highest BCUT2D eigenvalue weighted by Crippen LogP contribution is 2.49. The van der Waals surface area contributed by atoms with Crippen LogP contribution in [0.1, 0.15) is 35.6 Å². The third-order valence-electron chi connectivity index (χ3n) is 7.57. The number of hydrogen-bond acceptors (Lipinski definition) is 1. The Bertz CT molecular complexity index is 4030. The summed E-state index contributed by atoms with van der Waals surface area (Å²) >= 11 is 0. The molecule has 0 radical (unpaired) electrons. The second-order valence-electron chi connectivity index (χ2n) is 10.0. The van der Waals surface area contributed by atoms with E-state index in [0.29, 0.717) is 0 Å². The molecule has 0 aliphatic carbocycles. The quantitative estimate of drug-likeness (QED) is 0.184. The van der Waals surface area contributed by atoms with Crippen molar-refractivity contribution < 1.29 is 40.4 Å². The summed E-state index contributed by atoms with van der Waals surface area (Å²) in [5, 5.41) is -3.74. The van der Waals surface area contributed by atoms with Gasteiger partial charge in [0.2, 0.25) is 0 Å². The minimum atomic E-state index is -1.07. The molecule has 0 bridgehead atoms. The van der Waals surface area contributed by atoms with Gasteiger partial charge in [0.15, 0.2) is 0 Å². The SMILES string of the molecule is [2H]c1c([2H])c([2H])c(-c2c([2H])c(-c3c([2H])c([2H])c4c5c(c([2H])c([2H])c([2H])c35)Oc3c([2H])c([2H])c([2H])c([2H])c3-4)c([2H])c(-c3c([2H])c([2H])c4c([2H])c([2H])c5c([2H])c([2H])c([2H])c6c([2H])c([2H])c3c4c56)c2[2H])c([2H])c1[2H]. The van der Waals surface area contributed by atoms with Crippen LogP contribution in [0, 0.1) is 0 Å². The standard InChI is InChI=1S/C44H26O/c1-2-8-27(9-3-1)31-24-32(34-20-18-30-17-16-28-10-6-11-29-19-21-38(34)43(30)42(28)29)26-33(25-31)35-22-23-39-36-12-4-5-14-40(36)45-41-15-7-13-37(35)44(39)41/h1-26H/i1D,2D,3D,4D,5D,6D,7D,8D,9D,10D,11D,12D,13D,14D,15D,16D,17D,18D,19D,20D,21D,22D,23D,24D,25D,26D. The Hall–Kier alpha value is -5.92. The molecule has 1 aliphatic rings. The van der Waals surface area contributed by atoms with Crippen molar-refractivity contribution in [3.63, 3.8) is 0 Å². The lowest BCUT2D eigenvalue weighted by Crippen LogP contribution is -1.97. The van der Waals surface area contributed by atoms with E-state index >= 15 is 0 Å². The van der Waals surface area contributed by atoms with Crippen LogP contribution in [0.3, 0.4) is 0 Å². The van der Waals surface area contributed by atoms with Crippen LogP contribution >= 0.6 is 0 Å². The Kier molecular flexibility index (Phi) is 2.13. The molecule has 0 amide bonds. The van der Waals surface area contributed by atoms with E-state index < -0.39 is 245 Å². The molecule has 0 fully saturated rings. The topological polar surface area (TPSA) is 9.23 Å². The number of para-hydroxylation sites is 1. The number of fused-ring (bicyclic) bond motifs is 2. The van der Waals surface area contributed by atoms with Crippen LogP contribution in [0.15, 0.2) is 157 Å². The van der Waals surface area contributed by atoms with Crippen LogP contribution in [0.4, 0.5) is 0 Å². The minimum absolute atomic E-state index is 0.318. The highest BCUT2D eigenvalue weighted by atomic mass is 16.5. The van der Waals surface area contributed by atoms with Gasteiger partial charge in [0.05, 0.1) is 35.6 Å². The second kappa shape index (κ2) is 9.29. The number of hydrogen-bond donors (Lipinski definition) is 0. The summed E-state index contributed by atoms with van der Waals surface area (Å²) < 4.78 is 241. The minimum Gasteiger partial charge on any atom is -0.456 e. The molecular weight excluding hydrogens is 544 g/mol. The summed E-state index contributed by atoms with van der Waals surface area (Å²) in [5.41, 5.74) is -5.99. The summed E-state index contributed by atoms with van der Waals surface area (Å²) in [7, 11) is 0. The molecule has 0 unspecified atom stereocenters. The molecule has 0 atom stereocenters. The van der Waals surface area contributed by atoms with E-state index in [9.17, 15) is 13.7 Å². The zero-order valence-electron chi connectivity index (χ0n) is 48.4. The lowest BCUT2D eigenvalue weighted by molar-refractivity contribution is 0.487. The smallest absolute Gasteiger partial charge is 0.135 e. The fourth-order valence-electron chi connectivity index (χ4n) is 5.64. The molecule has 9 aromatic carbocycles. The van der Waals surface area contributed by atoms with Crippen molar-refractivity contribution in [1.29, 1.82) is 0 Å². The van der Waals surface area contributed by atoms with Crippen molar-refractivity contribution in [3.05, 3.63) is 157 Å². The molecule has 45 heavy (non-hydrogen) atoms. The first-order valence-electron chi connectivity index (χ1n) is 26.4. The molecule has 0 saturated heterocycles. The molecule has 0 aromatic heterocycles. The van der Waals surface area contributed by atoms with Gasteiger partial charge in [-0.25, -0.2) is 0 Å². The predicted octanol–water partition coefficient (Wildman–Crippen LogP) is 12.5. The summed E-state index contributed by atoms with van der Waals surface area (Å²) in [6, 6.07) is -22.9. The molecule has 10 rings (SSSR count). The van der Waals surface area contributed by atoms with Crippen molar-refractivity contribution >= 4 is 43.1 Å². The molecule has 9 aromatic rings.